The molecular weight excluding hydrogens is 202 g/mol. The number of carbonyl (C=O) groups excluding carboxylic acids is 1. The Morgan fingerprint density at radius 1 is 1.44 bits per heavy atom. The average Bonchev–Trinajstić information content (AvgIpc) is 2.98. The van der Waals surface area contributed by atoms with E-state index in [0.29, 0.717) is 5.92 Å². The number of likely N-dealkylation sites (tertiary alicyclic amines) is 1. The normalized spacial score (nSPS) is 25.6. The summed E-state index contributed by atoms with van der Waals surface area (Å²) in [5.74, 6) is 0.300. The fourth-order valence-electron chi connectivity index (χ4n) is 2.88. The third-order valence-electron chi connectivity index (χ3n) is 3.88. The van der Waals surface area contributed by atoms with Gasteiger partial charge in [-0.3, -0.25) is 4.79 Å². The predicted molar refractivity (Wildman–Crippen MR) is 64.0 cm³/mol. The molecule has 0 bridgehead atoms. The summed E-state index contributed by atoms with van der Waals surface area (Å²) < 4.78 is 0. The van der Waals surface area contributed by atoms with Crippen LogP contribution >= 0.6 is 0 Å². The van der Waals surface area contributed by atoms with Gasteiger partial charge in [-0.15, -0.1) is 0 Å². The Bertz CT molecular complexity index is 259. The SMILES string of the molecule is CCNC(CN1CCCC1)(C(N)=O)C1CC1. The second kappa shape index (κ2) is 4.72. The van der Waals surface area contributed by atoms with E-state index < -0.39 is 5.54 Å². The van der Waals surface area contributed by atoms with E-state index in [2.05, 4.69) is 10.2 Å². The third-order valence-corrected chi connectivity index (χ3v) is 3.88. The fraction of sp³-hybridized carbons (Fsp3) is 0.917. The van der Waals surface area contributed by atoms with E-state index in [1.54, 1.807) is 0 Å². The Morgan fingerprint density at radius 3 is 2.50 bits per heavy atom. The summed E-state index contributed by atoms with van der Waals surface area (Å²) in [5, 5.41) is 3.37. The molecule has 0 aromatic carbocycles. The second-order valence-corrected chi connectivity index (χ2v) is 5.12. The van der Waals surface area contributed by atoms with Gasteiger partial charge in [0.2, 0.25) is 5.91 Å². The smallest absolute Gasteiger partial charge is 0.239 e. The van der Waals surface area contributed by atoms with E-state index in [1.807, 2.05) is 6.92 Å². The van der Waals surface area contributed by atoms with Crippen LogP contribution in [0, 0.1) is 5.92 Å². The van der Waals surface area contributed by atoms with Gasteiger partial charge in [-0.05, 0) is 51.2 Å². The Morgan fingerprint density at radius 2 is 2.06 bits per heavy atom. The lowest BCUT2D eigenvalue weighted by atomic mass is 9.91. The molecule has 1 atom stereocenters. The molecule has 4 heteroatoms. The zero-order chi connectivity index (χ0) is 11.6. The Labute approximate surface area is 97.6 Å². The van der Waals surface area contributed by atoms with Gasteiger partial charge in [0.15, 0.2) is 0 Å². The molecule has 1 aliphatic heterocycles. The predicted octanol–water partition coefficient (Wildman–Crippen LogP) is 0.326. The first-order valence-corrected chi connectivity index (χ1v) is 6.46. The molecule has 0 spiro atoms. The van der Waals surface area contributed by atoms with Gasteiger partial charge in [0.25, 0.3) is 0 Å². The van der Waals surface area contributed by atoms with Gasteiger partial charge >= 0.3 is 0 Å². The van der Waals surface area contributed by atoms with Crippen molar-refractivity contribution in [1.82, 2.24) is 10.2 Å². The Hall–Kier alpha value is -0.610. The first-order valence-electron chi connectivity index (χ1n) is 6.46. The van der Waals surface area contributed by atoms with Crippen LogP contribution < -0.4 is 11.1 Å². The molecule has 1 amide bonds. The van der Waals surface area contributed by atoms with Gasteiger partial charge in [-0.25, -0.2) is 0 Å². The molecule has 92 valence electrons. The fourth-order valence-corrected chi connectivity index (χ4v) is 2.88. The minimum Gasteiger partial charge on any atom is -0.368 e. The van der Waals surface area contributed by atoms with Gasteiger partial charge < -0.3 is 16.0 Å². The van der Waals surface area contributed by atoms with Crippen LogP contribution in [0.2, 0.25) is 0 Å². The van der Waals surface area contributed by atoms with Crippen LogP contribution in [-0.4, -0.2) is 42.5 Å². The minimum atomic E-state index is -0.459. The highest BCUT2D eigenvalue weighted by Crippen LogP contribution is 2.40. The molecule has 1 saturated heterocycles. The molecule has 1 aliphatic carbocycles. The number of likely N-dealkylation sites (N-methyl/N-ethyl adjacent to an activating group) is 1. The zero-order valence-corrected chi connectivity index (χ0v) is 10.2. The van der Waals surface area contributed by atoms with E-state index in [1.165, 1.54) is 12.8 Å². The number of amides is 1. The lowest BCUT2D eigenvalue weighted by molar-refractivity contribution is -0.126. The maximum atomic E-state index is 11.8. The number of nitrogens with two attached hydrogens (primary N) is 1. The van der Waals surface area contributed by atoms with Crippen LogP contribution in [0.15, 0.2) is 0 Å². The lowest BCUT2D eigenvalue weighted by Crippen LogP contribution is -2.62. The van der Waals surface area contributed by atoms with E-state index >= 15 is 0 Å². The molecule has 1 saturated carbocycles. The number of hydrogen-bond acceptors (Lipinski definition) is 3. The van der Waals surface area contributed by atoms with E-state index in [4.69, 9.17) is 5.73 Å². The highest BCUT2D eigenvalue weighted by atomic mass is 16.1. The van der Waals surface area contributed by atoms with Crippen LogP contribution in [-0.2, 0) is 4.79 Å². The highest BCUT2D eigenvalue weighted by molar-refractivity contribution is 5.86. The standard InChI is InChI=1S/C12H23N3O/c1-2-14-12(11(13)16,10-5-6-10)9-15-7-3-4-8-15/h10,14H,2-9H2,1H3,(H2,13,16). The molecular formula is C12H23N3O. The Kier molecular flexibility index (Phi) is 3.50. The van der Waals surface area contributed by atoms with Crippen molar-refractivity contribution < 1.29 is 4.79 Å². The van der Waals surface area contributed by atoms with Crippen molar-refractivity contribution >= 4 is 5.91 Å². The summed E-state index contributed by atoms with van der Waals surface area (Å²) in [7, 11) is 0. The molecule has 16 heavy (non-hydrogen) atoms. The highest BCUT2D eigenvalue weighted by Gasteiger charge is 2.50. The third kappa shape index (κ3) is 2.23. The summed E-state index contributed by atoms with van der Waals surface area (Å²) in [5.41, 5.74) is 5.19. The molecule has 4 nitrogen and oxygen atoms in total. The summed E-state index contributed by atoms with van der Waals surface area (Å²) in [4.78, 5) is 14.2. The molecule has 0 aromatic heterocycles. The number of hydrogen-bond donors (Lipinski definition) is 2. The van der Waals surface area contributed by atoms with E-state index in [-0.39, 0.29) is 5.91 Å². The summed E-state index contributed by atoms with van der Waals surface area (Å²) >= 11 is 0. The van der Waals surface area contributed by atoms with Crippen LogP contribution in [0.3, 0.4) is 0 Å². The quantitative estimate of drug-likeness (QED) is 0.685. The van der Waals surface area contributed by atoms with Crippen molar-refractivity contribution in [2.75, 3.05) is 26.2 Å². The summed E-state index contributed by atoms with van der Waals surface area (Å²) in [6, 6.07) is 0. The molecule has 2 fully saturated rings. The first-order chi connectivity index (χ1) is 7.69. The van der Waals surface area contributed by atoms with E-state index in [9.17, 15) is 4.79 Å². The number of carbonyl (C=O) groups is 1. The van der Waals surface area contributed by atoms with Crippen molar-refractivity contribution in [2.45, 2.75) is 38.1 Å². The number of nitrogens with zero attached hydrogens (tertiary/aromatic N) is 1. The van der Waals surface area contributed by atoms with Gasteiger partial charge in [-0.2, -0.15) is 0 Å². The maximum Gasteiger partial charge on any atom is 0.239 e. The zero-order valence-electron chi connectivity index (χ0n) is 10.2. The molecule has 3 N–H and O–H groups in total. The van der Waals surface area contributed by atoms with E-state index in [0.717, 1.165) is 39.0 Å². The van der Waals surface area contributed by atoms with Gasteiger partial charge in [0.1, 0.15) is 5.54 Å². The molecule has 0 radical (unpaired) electrons. The van der Waals surface area contributed by atoms with Crippen molar-refractivity contribution in [1.29, 1.82) is 0 Å². The van der Waals surface area contributed by atoms with Gasteiger partial charge in [-0.1, -0.05) is 6.92 Å². The number of rotatable bonds is 6. The number of nitrogens with one attached hydrogen (secondary N) is 1. The van der Waals surface area contributed by atoms with Crippen molar-refractivity contribution in [2.24, 2.45) is 11.7 Å². The largest absolute Gasteiger partial charge is 0.368 e. The molecule has 1 heterocycles. The average molecular weight is 225 g/mol. The Balaban J connectivity index is 2.07. The van der Waals surface area contributed by atoms with Crippen LogP contribution in [0.25, 0.3) is 0 Å². The second-order valence-electron chi connectivity index (χ2n) is 5.12. The van der Waals surface area contributed by atoms with Crippen LogP contribution in [0.5, 0.6) is 0 Å². The van der Waals surface area contributed by atoms with Crippen LogP contribution in [0.1, 0.15) is 32.6 Å². The molecule has 2 aliphatic rings. The minimum absolute atomic E-state index is 0.163. The molecule has 1 unspecified atom stereocenters. The van der Waals surface area contributed by atoms with Crippen molar-refractivity contribution in [3.63, 3.8) is 0 Å². The monoisotopic (exact) mass is 225 g/mol. The van der Waals surface area contributed by atoms with Gasteiger partial charge in [0.05, 0.1) is 0 Å². The molecule has 0 aromatic rings. The van der Waals surface area contributed by atoms with Crippen molar-refractivity contribution in [3.05, 3.63) is 0 Å². The summed E-state index contributed by atoms with van der Waals surface area (Å²) in [6.07, 6.45) is 4.80. The van der Waals surface area contributed by atoms with Crippen LogP contribution in [0.4, 0.5) is 0 Å². The first kappa shape index (κ1) is 11.9. The van der Waals surface area contributed by atoms with Gasteiger partial charge in [0, 0.05) is 6.54 Å². The number of primary amides is 1. The molecule has 2 rings (SSSR count). The maximum absolute atomic E-state index is 11.8. The summed E-state index contributed by atoms with van der Waals surface area (Å²) in [6.45, 7) is 5.90. The topological polar surface area (TPSA) is 58.4 Å². The lowest BCUT2D eigenvalue weighted by Gasteiger charge is -2.35. The van der Waals surface area contributed by atoms with Crippen molar-refractivity contribution in [3.8, 4) is 0 Å².